The maximum absolute atomic E-state index is 12.6. The molecule has 0 atom stereocenters. The first-order valence-corrected chi connectivity index (χ1v) is 9.80. The van der Waals surface area contributed by atoms with Crippen molar-refractivity contribution in [2.75, 3.05) is 0 Å². The zero-order valence-electron chi connectivity index (χ0n) is 16.2. The van der Waals surface area contributed by atoms with Crippen molar-refractivity contribution in [3.8, 4) is 5.75 Å². The Bertz CT molecular complexity index is 1310. The molecule has 1 amide bonds. The van der Waals surface area contributed by atoms with E-state index in [1.165, 1.54) is 12.5 Å². The molecule has 0 saturated carbocycles. The van der Waals surface area contributed by atoms with Crippen LogP contribution in [0.5, 0.6) is 5.75 Å². The van der Waals surface area contributed by atoms with Gasteiger partial charge < -0.3 is 9.15 Å². The molecule has 6 nitrogen and oxygen atoms in total. The van der Waals surface area contributed by atoms with E-state index in [-0.39, 0.29) is 17.6 Å². The van der Waals surface area contributed by atoms with Crippen LogP contribution >= 0.6 is 11.6 Å². The maximum atomic E-state index is 12.6. The Morgan fingerprint density at radius 2 is 1.77 bits per heavy atom. The summed E-state index contributed by atoms with van der Waals surface area (Å²) < 4.78 is 11.2. The molecule has 4 rings (SSSR count). The first-order valence-electron chi connectivity index (χ1n) is 9.42. The molecule has 3 aromatic carbocycles. The van der Waals surface area contributed by atoms with Gasteiger partial charge in [-0.15, -0.1) is 0 Å². The Morgan fingerprint density at radius 3 is 2.61 bits per heavy atom. The summed E-state index contributed by atoms with van der Waals surface area (Å²) in [5, 5.41) is 4.98. The number of nitrogens with zero attached hydrogens (tertiary/aromatic N) is 1. The van der Waals surface area contributed by atoms with E-state index in [0.29, 0.717) is 27.3 Å². The van der Waals surface area contributed by atoms with Crippen LogP contribution in [-0.4, -0.2) is 12.1 Å². The van der Waals surface area contributed by atoms with Crippen molar-refractivity contribution >= 4 is 34.7 Å². The van der Waals surface area contributed by atoms with Gasteiger partial charge in [-0.05, 0) is 42.0 Å². The SMILES string of the molecule is O=C(N/N=C\c1coc2ccccc2c1=O)c1ccccc1OCc1ccc(Cl)cc1. The molecule has 0 saturated heterocycles. The van der Waals surface area contributed by atoms with Gasteiger partial charge in [-0.2, -0.15) is 5.10 Å². The number of fused-ring (bicyclic) bond motifs is 1. The highest BCUT2D eigenvalue weighted by atomic mass is 35.5. The number of ether oxygens (including phenoxy) is 1. The number of rotatable bonds is 6. The zero-order chi connectivity index (χ0) is 21.6. The molecule has 1 N–H and O–H groups in total. The number of hydrazone groups is 1. The number of carbonyl (C=O) groups excluding carboxylic acids is 1. The molecule has 154 valence electrons. The van der Waals surface area contributed by atoms with E-state index in [4.69, 9.17) is 20.8 Å². The second-order valence-electron chi connectivity index (χ2n) is 6.63. The van der Waals surface area contributed by atoms with E-state index in [9.17, 15) is 9.59 Å². The molecule has 1 aromatic heterocycles. The van der Waals surface area contributed by atoms with Crippen molar-refractivity contribution in [1.82, 2.24) is 5.43 Å². The van der Waals surface area contributed by atoms with Gasteiger partial charge in [0, 0.05) is 5.02 Å². The summed E-state index contributed by atoms with van der Waals surface area (Å²) in [4.78, 5) is 25.1. The second-order valence-corrected chi connectivity index (χ2v) is 7.06. The largest absolute Gasteiger partial charge is 0.488 e. The lowest BCUT2D eigenvalue weighted by Gasteiger charge is -2.10. The minimum absolute atomic E-state index is 0.228. The van der Waals surface area contributed by atoms with E-state index >= 15 is 0 Å². The normalized spacial score (nSPS) is 11.0. The zero-order valence-corrected chi connectivity index (χ0v) is 17.0. The third kappa shape index (κ3) is 4.82. The molecular weight excluding hydrogens is 416 g/mol. The highest BCUT2D eigenvalue weighted by Crippen LogP contribution is 2.20. The van der Waals surface area contributed by atoms with E-state index in [2.05, 4.69) is 10.5 Å². The summed E-state index contributed by atoms with van der Waals surface area (Å²) in [6.07, 6.45) is 2.57. The van der Waals surface area contributed by atoms with Gasteiger partial charge in [-0.3, -0.25) is 9.59 Å². The molecule has 0 bridgehead atoms. The molecule has 0 aliphatic heterocycles. The van der Waals surface area contributed by atoms with Crippen LogP contribution in [-0.2, 0) is 6.61 Å². The minimum atomic E-state index is -0.465. The minimum Gasteiger partial charge on any atom is -0.488 e. The highest BCUT2D eigenvalue weighted by molar-refractivity contribution is 6.30. The van der Waals surface area contributed by atoms with Crippen LogP contribution < -0.4 is 15.6 Å². The van der Waals surface area contributed by atoms with Gasteiger partial charge in [-0.25, -0.2) is 5.43 Å². The number of para-hydroxylation sites is 2. The fourth-order valence-electron chi connectivity index (χ4n) is 2.92. The summed E-state index contributed by atoms with van der Waals surface area (Å²) in [5.74, 6) is -0.0523. The Hall–Kier alpha value is -3.90. The molecular formula is C24H17ClN2O4. The van der Waals surface area contributed by atoms with Crippen LogP contribution in [0.2, 0.25) is 5.02 Å². The smallest absolute Gasteiger partial charge is 0.275 e. The Kier molecular flexibility index (Phi) is 6.10. The summed E-state index contributed by atoms with van der Waals surface area (Å²) >= 11 is 5.89. The fraction of sp³-hybridized carbons (Fsp3) is 0.0417. The van der Waals surface area contributed by atoms with Crippen molar-refractivity contribution in [2.45, 2.75) is 6.61 Å². The van der Waals surface area contributed by atoms with E-state index in [1.54, 1.807) is 60.7 Å². The van der Waals surface area contributed by atoms with Crippen molar-refractivity contribution in [3.05, 3.63) is 111 Å². The van der Waals surface area contributed by atoms with E-state index < -0.39 is 5.91 Å². The number of carbonyl (C=O) groups is 1. The third-order valence-electron chi connectivity index (χ3n) is 4.52. The lowest BCUT2D eigenvalue weighted by molar-refractivity contribution is 0.0950. The Labute approximate surface area is 182 Å². The van der Waals surface area contributed by atoms with Gasteiger partial charge >= 0.3 is 0 Å². The van der Waals surface area contributed by atoms with E-state index in [0.717, 1.165) is 5.56 Å². The van der Waals surface area contributed by atoms with Crippen LogP contribution in [0.4, 0.5) is 0 Å². The first kappa shape index (κ1) is 20.4. The van der Waals surface area contributed by atoms with Crippen molar-refractivity contribution in [1.29, 1.82) is 0 Å². The van der Waals surface area contributed by atoms with Gasteiger partial charge in [0.2, 0.25) is 5.43 Å². The predicted octanol–water partition coefficient (Wildman–Crippen LogP) is 4.79. The third-order valence-corrected chi connectivity index (χ3v) is 4.77. The fourth-order valence-corrected chi connectivity index (χ4v) is 3.05. The van der Waals surface area contributed by atoms with Gasteiger partial charge in [0.15, 0.2) is 0 Å². The summed E-state index contributed by atoms with van der Waals surface area (Å²) in [6.45, 7) is 0.281. The van der Waals surface area contributed by atoms with Crippen LogP contribution in [0.15, 0.2) is 93.4 Å². The molecule has 0 fully saturated rings. The van der Waals surface area contributed by atoms with Crippen molar-refractivity contribution in [2.24, 2.45) is 5.10 Å². The predicted molar refractivity (Wildman–Crippen MR) is 120 cm³/mol. The van der Waals surface area contributed by atoms with Crippen LogP contribution in [0.25, 0.3) is 11.0 Å². The molecule has 7 heteroatoms. The molecule has 0 spiro atoms. The Morgan fingerprint density at radius 1 is 1.03 bits per heavy atom. The standard InChI is InChI=1S/C24H17ClN2O4/c25-18-11-9-16(10-12-18)14-30-22-8-4-2-6-20(22)24(29)27-26-13-17-15-31-21-7-3-1-5-19(21)23(17)28/h1-13,15H,14H2,(H,27,29)/b26-13-. The van der Waals surface area contributed by atoms with E-state index in [1.807, 2.05) is 12.1 Å². The van der Waals surface area contributed by atoms with Gasteiger partial charge in [0.1, 0.15) is 24.2 Å². The van der Waals surface area contributed by atoms with Crippen LogP contribution in [0.3, 0.4) is 0 Å². The van der Waals surface area contributed by atoms with Gasteiger partial charge in [0.05, 0.1) is 22.7 Å². The molecule has 0 unspecified atom stereocenters. The highest BCUT2D eigenvalue weighted by Gasteiger charge is 2.12. The van der Waals surface area contributed by atoms with Crippen molar-refractivity contribution in [3.63, 3.8) is 0 Å². The molecule has 0 aliphatic rings. The number of benzene rings is 3. The second kappa shape index (κ2) is 9.28. The maximum Gasteiger partial charge on any atom is 0.275 e. The number of hydrogen-bond acceptors (Lipinski definition) is 5. The summed E-state index contributed by atoms with van der Waals surface area (Å²) in [7, 11) is 0. The van der Waals surface area contributed by atoms with Crippen LogP contribution in [0, 0.1) is 0 Å². The average molecular weight is 433 g/mol. The van der Waals surface area contributed by atoms with Gasteiger partial charge in [0.25, 0.3) is 5.91 Å². The topological polar surface area (TPSA) is 80.9 Å². The summed E-state index contributed by atoms with van der Waals surface area (Å²) in [6, 6.07) is 21.0. The van der Waals surface area contributed by atoms with Crippen LogP contribution in [0.1, 0.15) is 21.5 Å². The summed E-state index contributed by atoms with van der Waals surface area (Å²) in [5.41, 5.74) is 4.14. The average Bonchev–Trinajstić information content (AvgIpc) is 2.80. The lowest BCUT2D eigenvalue weighted by Crippen LogP contribution is -2.19. The lowest BCUT2D eigenvalue weighted by atomic mass is 10.2. The first-order chi connectivity index (χ1) is 15.1. The Balaban J connectivity index is 1.46. The number of nitrogens with one attached hydrogen (secondary N) is 1. The molecule has 31 heavy (non-hydrogen) atoms. The number of amides is 1. The molecule has 4 aromatic rings. The molecule has 1 heterocycles. The number of halogens is 1. The molecule has 0 aliphatic carbocycles. The number of hydrogen-bond donors (Lipinski definition) is 1. The monoisotopic (exact) mass is 432 g/mol. The van der Waals surface area contributed by atoms with Crippen molar-refractivity contribution < 1.29 is 13.9 Å². The molecule has 0 radical (unpaired) electrons. The quantitative estimate of drug-likeness (QED) is 0.351. The van der Waals surface area contributed by atoms with Gasteiger partial charge in [-0.1, -0.05) is 48.0 Å².